The number of thiazole rings is 1. The van der Waals surface area contributed by atoms with Crippen molar-refractivity contribution in [3.05, 3.63) is 16.3 Å². The summed E-state index contributed by atoms with van der Waals surface area (Å²) in [6, 6.07) is 0. The second-order valence-corrected chi connectivity index (χ2v) is 5.19. The van der Waals surface area contributed by atoms with Crippen LogP contribution in [0.5, 0.6) is 0 Å². The third-order valence-electron chi connectivity index (χ3n) is 1.59. The van der Waals surface area contributed by atoms with Crippen LogP contribution in [0.4, 0.5) is 4.39 Å². The Kier molecular flexibility index (Phi) is 5.63. The van der Waals surface area contributed by atoms with Crippen molar-refractivity contribution in [2.75, 3.05) is 19.0 Å². The normalized spacial score (nSPS) is 12.0. The van der Waals surface area contributed by atoms with E-state index in [1.807, 2.05) is 0 Å². The number of halogens is 1. The number of hydroxylamine groups is 1. The summed E-state index contributed by atoms with van der Waals surface area (Å²) >= 11 is 2.99. The van der Waals surface area contributed by atoms with Crippen LogP contribution in [0, 0.1) is 5.21 Å². The molecule has 0 aromatic carbocycles. The van der Waals surface area contributed by atoms with E-state index < -0.39 is 0 Å². The van der Waals surface area contributed by atoms with Crippen molar-refractivity contribution < 1.29 is 9.13 Å². The molecule has 6 heteroatoms. The monoisotopic (exact) mass is 248 g/mol. The average Bonchev–Trinajstić information content (AvgIpc) is 2.66. The van der Waals surface area contributed by atoms with Crippen molar-refractivity contribution in [2.24, 2.45) is 0 Å². The van der Waals surface area contributed by atoms with Gasteiger partial charge in [-0.15, -0.1) is 11.3 Å². The van der Waals surface area contributed by atoms with Gasteiger partial charge in [0.05, 0.1) is 12.9 Å². The minimum atomic E-state index is -0.290. The van der Waals surface area contributed by atoms with Gasteiger partial charge in [-0.05, 0) is 13.3 Å². The molecule has 1 aromatic rings. The number of hydrogen-bond acceptors (Lipinski definition) is 4. The van der Waals surface area contributed by atoms with Crippen LogP contribution in [0.1, 0.15) is 18.2 Å². The van der Waals surface area contributed by atoms with Gasteiger partial charge < -0.3 is 5.21 Å². The van der Waals surface area contributed by atoms with Crippen molar-refractivity contribution in [3.8, 4) is 0 Å². The highest BCUT2D eigenvalue weighted by atomic mass is 32.2. The van der Waals surface area contributed by atoms with E-state index in [-0.39, 0.29) is 6.67 Å². The molecule has 0 bridgehead atoms. The third kappa shape index (κ3) is 4.61. The minimum Gasteiger partial charge on any atom is -0.624 e. The molecule has 1 heterocycles. The highest BCUT2D eigenvalue weighted by Gasteiger charge is 2.03. The Bertz CT molecular complexity index is 328. The number of hydrogen-bond donors (Lipinski definition) is 0. The molecular formula is C9H13FN2OS2. The number of thioether (sulfide) groups is 1. The topological polar surface area (TPSA) is 39.0 Å². The molecule has 0 unspecified atom stereocenters. The van der Waals surface area contributed by atoms with Gasteiger partial charge in [0.25, 0.3) is 0 Å². The lowest BCUT2D eigenvalue weighted by atomic mass is 10.6. The molecule has 0 aliphatic heterocycles. The number of nitrogens with zero attached hydrogens (tertiary/aromatic N) is 2. The van der Waals surface area contributed by atoms with E-state index in [0.29, 0.717) is 13.0 Å². The van der Waals surface area contributed by atoms with Crippen LogP contribution in [0.25, 0.3) is 0 Å². The predicted molar refractivity (Wildman–Crippen MR) is 62.8 cm³/mol. The maximum atomic E-state index is 11.8. The highest BCUT2D eigenvalue weighted by Crippen LogP contribution is 2.23. The molecule has 0 N–H and O–H groups in total. The van der Waals surface area contributed by atoms with Gasteiger partial charge in [-0.3, -0.25) is 4.39 Å². The summed E-state index contributed by atoms with van der Waals surface area (Å²) in [5, 5.41) is 11.0. The molecular weight excluding hydrogens is 235 g/mol. The SMILES string of the molecule is CC/[N+]([O-])=C/c1cnc(SCCCF)s1. The maximum Gasteiger partial charge on any atom is 0.193 e. The van der Waals surface area contributed by atoms with Crippen LogP contribution >= 0.6 is 23.1 Å². The fourth-order valence-electron chi connectivity index (χ4n) is 0.844. The van der Waals surface area contributed by atoms with Gasteiger partial charge in [-0.1, -0.05) is 11.8 Å². The molecule has 0 aliphatic carbocycles. The molecule has 0 spiro atoms. The van der Waals surface area contributed by atoms with Gasteiger partial charge in [0, 0.05) is 5.75 Å². The summed E-state index contributed by atoms with van der Waals surface area (Å²) in [6.45, 7) is 1.94. The first-order valence-electron chi connectivity index (χ1n) is 4.69. The van der Waals surface area contributed by atoms with Crippen LogP contribution < -0.4 is 0 Å². The van der Waals surface area contributed by atoms with Crippen molar-refractivity contribution in [2.45, 2.75) is 17.7 Å². The van der Waals surface area contributed by atoms with Crippen molar-refractivity contribution in [3.63, 3.8) is 0 Å². The molecule has 0 amide bonds. The Morgan fingerprint density at radius 2 is 2.53 bits per heavy atom. The summed E-state index contributed by atoms with van der Waals surface area (Å²) in [6.07, 6.45) is 3.74. The Morgan fingerprint density at radius 1 is 1.73 bits per heavy atom. The first-order chi connectivity index (χ1) is 7.26. The maximum absolute atomic E-state index is 11.8. The lowest BCUT2D eigenvalue weighted by molar-refractivity contribution is -0.447. The van der Waals surface area contributed by atoms with E-state index in [2.05, 4.69) is 4.98 Å². The Labute approximate surface area is 96.6 Å². The van der Waals surface area contributed by atoms with E-state index in [4.69, 9.17) is 0 Å². The van der Waals surface area contributed by atoms with Crippen molar-refractivity contribution in [1.82, 2.24) is 4.98 Å². The van der Waals surface area contributed by atoms with Crippen LogP contribution in [0.2, 0.25) is 0 Å². The number of aromatic nitrogens is 1. The average molecular weight is 248 g/mol. The lowest BCUT2D eigenvalue weighted by Crippen LogP contribution is -2.02. The van der Waals surface area contributed by atoms with Crippen LogP contribution in [0.3, 0.4) is 0 Å². The molecule has 0 saturated heterocycles. The largest absolute Gasteiger partial charge is 0.624 e. The zero-order valence-corrected chi connectivity index (χ0v) is 10.1. The molecule has 0 atom stereocenters. The van der Waals surface area contributed by atoms with Crippen molar-refractivity contribution >= 4 is 29.3 Å². The standard InChI is InChI=1S/C9H13FN2OS2/c1-2-12(13)7-8-6-11-9(15-8)14-5-3-4-10/h6-7H,2-5H2,1H3/b12-7-. The molecule has 0 radical (unpaired) electrons. The smallest absolute Gasteiger partial charge is 0.193 e. The number of alkyl halides is 1. The molecule has 0 aliphatic rings. The summed E-state index contributed by atoms with van der Waals surface area (Å²) in [5.41, 5.74) is 0. The minimum absolute atomic E-state index is 0.290. The zero-order chi connectivity index (χ0) is 11.1. The third-order valence-corrected chi connectivity index (χ3v) is 3.76. The van der Waals surface area contributed by atoms with E-state index in [1.165, 1.54) is 29.3 Å². The Hall–Kier alpha value is -0.620. The predicted octanol–water partition coefficient (Wildman–Crippen LogP) is 2.54. The van der Waals surface area contributed by atoms with E-state index in [0.717, 1.165) is 19.7 Å². The van der Waals surface area contributed by atoms with E-state index >= 15 is 0 Å². The van der Waals surface area contributed by atoms with Gasteiger partial charge in [0.1, 0.15) is 4.88 Å². The molecule has 84 valence electrons. The zero-order valence-electron chi connectivity index (χ0n) is 8.48. The quantitative estimate of drug-likeness (QED) is 0.194. The van der Waals surface area contributed by atoms with Crippen molar-refractivity contribution in [1.29, 1.82) is 0 Å². The molecule has 0 fully saturated rings. The highest BCUT2D eigenvalue weighted by molar-refractivity contribution is 8.01. The van der Waals surface area contributed by atoms with Crippen LogP contribution in [0.15, 0.2) is 10.5 Å². The van der Waals surface area contributed by atoms with Crippen LogP contribution in [-0.2, 0) is 0 Å². The lowest BCUT2D eigenvalue weighted by Gasteiger charge is -1.96. The number of rotatable bonds is 6. The Balaban J connectivity index is 2.49. The van der Waals surface area contributed by atoms with E-state index in [1.54, 1.807) is 13.1 Å². The summed E-state index contributed by atoms with van der Waals surface area (Å²) in [4.78, 5) is 4.98. The van der Waals surface area contributed by atoms with E-state index in [9.17, 15) is 9.60 Å². The summed E-state index contributed by atoms with van der Waals surface area (Å²) < 4.78 is 13.6. The molecule has 1 rings (SSSR count). The van der Waals surface area contributed by atoms with Gasteiger partial charge in [0.2, 0.25) is 0 Å². The van der Waals surface area contributed by atoms with Gasteiger partial charge >= 0.3 is 0 Å². The Morgan fingerprint density at radius 3 is 3.20 bits per heavy atom. The van der Waals surface area contributed by atoms with Gasteiger partial charge in [-0.25, -0.2) is 9.72 Å². The van der Waals surface area contributed by atoms with Gasteiger partial charge in [0.15, 0.2) is 17.1 Å². The molecule has 15 heavy (non-hydrogen) atoms. The molecule has 1 aromatic heterocycles. The first kappa shape index (κ1) is 12.4. The second kappa shape index (κ2) is 6.79. The molecule has 3 nitrogen and oxygen atoms in total. The van der Waals surface area contributed by atoms with Gasteiger partial charge in [-0.2, -0.15) is 0 Å². The fourth-order valence-corrected chi connectivity index (χ4v) is 2.76. The summed E-state index contributed by atoms with van der Waals surface area (Å²) in [7, 11) is 0. The first-order valence-corrected chi connectivity index (χ1v) is 6.49. The van der Waals surface area contributed by atoms with Crippen LogP contribution in [-0.4, -0.2) is 34.9 Å². The molecule has 0 saturated carbocycles. The second-order valence-electron chi connectivity index (χ2n) is 2.78. The summed E-state index contributed by atoms with van der Waals surface area (Å²) in [5.74, 6) is 0.734. The fraction of sp³-hybridized carbons (Fsp3) is 0.556.